The second kappa shape index (κ2) is 4.73. The molecule has 0 amide bonds. The fourth-order valence-corrected chi connectivity index (χ4v) is 2.10. The van der Waals surface area contributed by atoms with Crippen LogP contribution in [0.2, 0.25) is 0 Å². The predicted octanol–water partition coefficient (Wildman–Crippen LogP) is 3.61. The highest BCUT2D eigenvalue weighted by Crippen LogP contribution is 2.30. The van der Waals surface area contributed by atoms with Crippen molar-refractivity contribution in [2.75, 3.05) is 0 Å². The van der Waals surface area contributed by atoms with E-state index in [9.17, 15) is 18.0 Å². The van der Waals surface area contributed by atoms with Crippen molar-refractivity contribution >= 4 is 10.9 Å². The van der Waals surface area contributed by atoms with E-state index in [0.29, 0.717) is 17.1 Å². The fourth-order valence-electron chi connectivity index (χ4n) is 2.10. The molecule has 0 aliphatic rings. The smallest absolute Gasteiger partial charge is 0.322 e. The number of aromatic amines is 1. The summed E-state index contributed by atoms with van der Waals surface area (Å²) in [5.74, 6) is 0. The van der Waals surface area contributed by atoms with Gasteiger partial charge in [-0.05, 0) is 18.2 Å². The van der Waals surface area contributed by atoms with E-state index in [0.717, 1.165) is 11.5 Å². The second-order valence-electron chi connectivity index (χ2n) is 4.56. The Bertz CT molecular complexity index is 868. The van der Waals surface area contributed by atoms with Gasteiger partial charge in [0.2, 0.25) is 5.56 Å². The number of hydrogen-bond donors (Lipinski definition) is 1. The van der Waals surface area contributed by atoms with Gasteiger partial charge >= 0.3 is 6.18 Å². The molecule has 0 radical (unpaired) electrons. The number of benzene rings is 1. The van der Waals surface area contributed by atoms with E-state index in [2.05, 4.69) is 9.97 Å². The van der Waals surface area contributed by atoms with E-state index in [1.807, 2.05) is 6.07 Å². The van der Waals surface area contributed by atoms with Crippen LogP contribution in [0.3, 0.4) is 0 Å². The zero-order chi connectivity index (χ0) is 15.0. The van der Waals surface area contributed by atoms with Gasteiger partial charge in [0, 0.05) is 28.9 Å². The lowest BCUT2D eigenvalue weighted by Gasteiger charge is -2.09. The van der Waals surface area contributed by atoms with Gasteiger partial charge in [-0.2, -0.15) is 13.2 Å². The molecule has 0 bridgehead atoms. The summed E-state index contributed by atoms with van der Waals surface area (Å²) >= 11 is 0. The molecule has 2 heterocycles. The van der Waals surface area contributed by atoms with Gasteiger partial charge in [0.15, 0.2) is 0 Å². The van der Waals surface area contributed by atoms with Gasteiger partial charge in [-0.25, -0.2) is 0 Å². The SMILES string of the molecule is O=c1cc(C(F)(F)F)cc(-c2ccc3cccnc3c2)[nH]1. The molecule has 0 fully saturated rings. The number of hydrogen-bond acceptors (Lipinski definition) is 2. The first kappa shape index (κ1) is 13.4. The Morgan fingerprint density at radius 1 is 1.05 bits per heavy atom. The van der Waals surface area contributed by atoms with Crippen molar-refractivity contribution in [1.29, 1.82) is 0 Å². The molecule has 0 spiro atoms. The summed E-state index contributed by atoms with van der Waals surface area (Å²) in [6.07, 6.45) is -2.96. The standard InChI is InChI=1S/C15H9F3N2O/c16-15(17,18)11-7-13(20-14(21)8-11)10-4-3-9-2-1-5-19-12(9)6-10/h1-8H,(H,20,21). The van der Waals surface area contributed by atoms with Crippen molar-refractivity contribution in [3.05, 3.63) is 64.6 Å². The lowest BCUT2D eigenvalue weighted by Crippen LogP contribution is -2.13. The van der Waals surface area contributed by atoms with Crippen LogP contribution >= 0.6 is 0 Å². The maximum absolute atomic E-state index is 12.8. The highest BCUT2D eigenvalue weighted by molar-refractivity contribution is 5.83. The first-order valence-corrected chi connectivity index (χ1v) is 6.10. The average Bonchev–Trinajstić information content (AvgIpc) is 2.45. The molecule has 0 aliphatic heterocycles. The van der Waals surface area contributed by atoms with Gasteiger partial charge in [0.1, 0.15) is 0 Å². The van der Waals surface area contributed by atoms with E-state index < -0.39 is 17.3 Å². The highest BCUT2D eigenvalue weighted by atomic mass is 19.4. The quantitative estimate of drug-likeness (QED) is 0.744. The number of rotatable bonds is 1. The van der Waals surface area contributed by atoms with Gasteiger partial charge in [-0.1, -0.05) is 18.2 Å². The third-order valence-electron chi connectivity index (χ3n) is 3.09. The van der Waals surface area contributed by atoms with Crippen molar-refractivity contribution in [3.63, 3.8) is 0 Å². The number of aromatic nitrogens is 2. The van der Waals surface area contributed by atoms with Gasteiger partial charge in [0.25, 0.3) is 0 Å². The van der Waals surface area contributed by atoms with Crippen molar-refractivity contribution < 1.29 is 13.2 Å². The van der Waals surface area contributed by atoms with Crippen LogP contribution in [0.4, 0.5) is 13.2 Å². The molecule has 0 saturated carbocycles. The normalized spacial score (nSPS) is 11.8. The Morgan fingerprint density at radius 2 is 1.86 bits per heavy atom. The van der Waals surface area contributed by atoms with Crippen LogP contribution in [0.5, 0.6) is 0 Å². The third-order valence-corrected chi connectivity index (χ3v) is 3.09. The molecule has 3 rings (SSSR count). The Hall–Kier alpha value is -2.63. The molecule has 0 aliphatic carbocycles. The van der Waals surface area contributed by atoms with Crippen LogP contribution in [-0.2, 0) is 6.18 Å². The topological polar surface area (TPSA) is 45.8 Å². The number of alkyl halides is 3. The van der Waals surface area contributed by atoms with Crippen molar-refractivity contribution in [3.8, 4) is 11.3 Å². The monoisotopic (exact) mass is 290 g/mol. The number of fused-ring (bicyclic) bond motifs is 1. The van der Waals surface area contributed by atoms with Gasteiger partial charge in [-0.15, -0.1) is 0 Å². The molecular weight excluding hydrogens is 281 g/mol. The first-order valence-electron chi connectivity index (χ1n) is 6.10. The van der Waals surface area contributed by atoms with Crippen LogP contribution in [0.15, 0.2) is 53.5 Å². The fraction of sp³-hybridized carbons (Fsp3) is 0.0667. The van der Waals surface area contributed by atoms with Gasteiger partial charge in [0.05, 0.1) is 11.1 Å². The first-order chi connectivity index (χ1) is 9.93. The largest absolute Gasteiger partial charge is 0.416 e. The molecule has 21 heavy (non-hydrogen) atoms. The van der Waals surface area contributed by atoms with E-state index in [4.69, 9.17) is 0 Å². The summed E-state index contributed by atoms with van der Waals surface area (Å²) < 4.78 is 38.3. The summed E-state index contributed by atoms with van der Waals surface area (Å²) in [6, 6.07) is 10.1. The summed E-state index contributed by atoms with van der Waals surface area (Å²) in [5.41, 5.74) is -0.525. The summed E-state index contributed by atoms with van der Waals surface area (Å²) in [7, 11) is 0. The molecule has 1 N–H and O–H groups in total. The molecule has 3 nitrogen and oxygen atoms in total. The number of H-pyrrole nitrogens is 1. The van der Waals surface area contributed by atoms with Gasteiger partial charge in [-0.3, -0.25) is 9.78 Å². The molecule has 2 aromatic heterocycles. The molecule has 0 atom stereocenters. The van der Waals surface area contributed by atoms with Crippen LogP contribution in [-0.4, -0.2) is 9.97 Å². The highest BCUT2D eigenvalue weighted by Gasteiger charge is 2.31. The third kappa shape index (κ3) is 2.65. The number of halogens is 3. The zero-order valence-corrected chi connectivity index (χ0v) is 10.6. The van der Waals surface area contributed by atoms with Crippen LogP contribution in [0.1, 0.15) is 5.56 Å². The lowest BCUT2D eigenvalue weighted by atomic mass is 10.1. The minimum atomic E-state index is -4.56. The minimum absolute atomic E-state index is 0.113. The molecule has 0 unspecified atom stereocenters. The molecule has 106 valence electrons. The summed E-state index contributed by atoms with van der Waals surface area (Å²) in [4.78, 5) is 18.0. The Balaban J connectivity index is 2.18. The van der Waals surface area contributed by atoms with Crippen LogP contribution in [0, 0.1) is 0 Å². The number of pyridine rings is 2. The lowest BCUT2D eigenvalue weighted by molar-refractivity contribution is -0.137. The minimum Gasteiger partial charge on any atom is -0.322 e. The van der Waals surface area contributed by atoms with E-state index in [1.165, 1.54) is 0 Å². The molecule has 6 heteroatoms. The van der Waals surface area contributed by atoms with Crippen LogP contribution < -0.4 is 5.56 Å². The zero-order valence-electron chi connectivity index (χ0n) is 10.6. The van der Waals surface area contributed by atoms with Gasteiger partial charge < -0.3 is 4.98 Å². The van der Waals surface area contributed by atoms with Crippen molar-refractivity contribution in [1.82, 2.24) is 9.97 Å². The molecule has 0 saturated heterocycles. The van der Waals surface area contributed by atoms with Crippen molar-refractivity contribution in [2.24, 2.45) is 0 Å². The van der Waals surface area contributed by atoms with Crippen LogP contribution in [0.25, 0.3) is 22.2 Å². The second-order valence-corrected chi connectivity index (χ2v) is 4.56. The summed E-state index contributed by atoms with van der Waals surface area (Å²) in [6.45, 7) is 0. The summed E-state index contributed by atoms with van der Waals surface area (Å²) in [5, 5.41) is 0.871. The molecular formula is C15H9F3N2O. The molecule has 3 aromatic rings. The predicted molar refractivity (Wildman–Crippen MR) is 72.8 cm³/mol. The van der Waals surface area contributed by atoms with Crippen molar-refractivity contribution in [2.45, 2.75) is 6.18 Å². The number of nitrogens with zero attached hydrogens (tertiary/aromatic N) is 1. The van der Waals surface area contributed by atoms with E-state index >= 15 is 0 Å². The maximum Gasteiger partial charge on any atom is 0.416 e. The maximum atomic E-state index is 12.8. The van der Waals surface area contributed by atoms with E-state index in [-0.39, 0.29) is 5.69 Å². The Morgan fingerprint density at radius 3 is 2.62 bits per heavy atom. The Labute approximate surface area is 117 Å². The molecule has 1 aromatic carbocycles. The van der Waals surface area contributed by atoms with E-state index in [1.54, 1.807) is 30.5 Å². The average molecular weight is 290 g/mol. The Kier molecular flexibility index (Phi) is 3.01. The number of nitrogens with one attached hydrogen (secondary N) is 1.